The number of carbonyl (C=O) groups is 6. The minimum Gasteiger partial charge on any atom is -0.444 e. The molecular weight excluding hydrogens is 805 g/mol. The lowest BCUT2D eigenvalue weighted by Gasteiger charge is -2.29. The smallest absolute Gasteiger partial charge is 0.408 e. The molecule has 15 heteroatoms. The van der Waals surface area contributed by atoms with Gasteiger partial charge >= 0.3 is 18.3 Å². The van der Waals surface area contributed by atoms with Gasteiger partial charge in [-0.15, -0.1) is 0 Å². The first-order valence-corrected chi connectivity index (χ1v) is 22.9. The summed E-state index contributed by atoms with van der Waals surface area (Å²) in [6.07, 6.45) is 0.707. The summed E-state index contributed by atoms with van der Waals surface area (Å²) in [5.74, 6) is -0.893. The third kappa shape index (κ3) is 21.1. The first-order chi connectivity index (χ1) is 28.9. The van der Waals surface area contributed by atoms with E-state index in [-0.39, 0.29) is 55.1 Å². The second-order valence-electron chi connectivity index (χ2n) is 20.6. The standard InChI is InChI=1S/C48H84N6O9/c1-19-31-34(25-49-40(55)37(22-28(4)5)52-43(58)61-46(10,11)12)32(20-2)36(27-51-42(57)39(24-30(8)9)54-45(60)63-48(16,17)18)33(21-3)35(31)26-50-41(56)38(23-29(6)7)53-44(59)62-47(13,14)15/h28-30,37-39H,19-27H2,1-18H3,(H,49,55)(H,50,56)(H,51,57)(H,52,58)(H,53,59)(H,54,60)/t37-,38-,39-/m1/s1. The number of ether oxygens (including phenoxy) is 3. The number of rotatable bonds is 21. The normalized spacial score (nSPS) is 13.5. The number of nitrogens with one attached hydrogen (secondary N) is 6. The molecule has 1 rings (SSSR count). The highest BCUT2D eigenvalue weighted by molar-refractivity contribution is 5.87. The maximum absolute atomic E-state index is 14.0. The monoisotopic (exact) mass is 889 g/mol. The Labute approximate surface area is 378 Å². The summed E-state index contributed by atoms with van der Waals surface area (Å²) in [5, 5.41) is 17.6. The molecule has 0 heterocycles. The van der Waals surface area contributed by atoms with Gasteiger partial charge in [0.05, 0.1) is 0 Å². The molecule has 0 unspecified atom stereocenters. The van der Waals surface area contributed by atoms with E-state index >= 15 is 0 Å². The fourth-order valence-corrected chi connectivity index (χ4v) is 7.37. The molecule has 1 aromatic carbocycles. The van der Waals surface area contributed by atoms with Gasteiger partial charge in [0.2, 0.25) is 17.7 Å². The minimum absolute atomic E-state index is 0.0796. The van der Waals surface area contributed by atoms with Gasteiger partial charge in [-0.05, 0) is 152 Å². The lowest BCUT2D eigenvalue weighted by molar-refractivity contribution is -0.124. The van der Waals surface area contributed by atoms with E-state index in [2.05, 4.69) is 31.9 Å². The molecule has 0 fully saturated rings. The zero-order chi connectivity index (χ0) is 48.6. The van der Waals surface area contributed by atoms with Crippen LogP contribution in [0.3, 0.4) is 0 Å². The SMILES string of the molecule is CCc1c(CNC(=O)[C@@H](CC(C)C)NC(=O)OC(C)(C)C)c(CC)c(CNC(=O)[C@@H](CC(C)C)NC(=O)OC(C)(C)C)c(CC)c1CNC(=O)[C@@H](CC(C)C)NC(=O)OC(C)(C)C. The van der Waals surface area contributed by atoms with E-state index in [0.717, 1.165) is 33.4 Å². The largest absolute Gasteiger partial charge is 0.444 e. The molecule has 0 aliphatic rings. The Balaban J connectivity index is 3.90. The summed E-state index contributed by atoms with van der Waals surface area (Å²) in [6, 6.07) is -2.60. The second kappa shape index (κ2) is 25.1. The summed E-state index contributed by atoms with van der Waals surface area (Å²) in [6.45, 7) is 34.0. The Kier molecular flexibility index (Phi) is 22.5. The fraction of sp³-hybridized carbons (Fsp3) is 0.750. The molecule has 0 spiro atoms. The molecule has 360 valence electrons. The van der Waals surface area contributed by atoms with Crippen LogP contribution in [0.5, 0.6) is 0 Å². The average Bonchev–Trinajstić information content (AvgIpc) is 3.10. The topological polar surface area (TPSA) is 202 Å². The van der Waals surface area contributed by atoms with Crippen molar-refractivity contribution in [1.82, 2.24) is 31.9 Å². The number of amides is 6. The fourth-order valence-electron chi connectivity index (χ4n) is 7.37. The molecule has 0 bridgehead atoms. The van der Waals surface area contributed by atoms with Gasteiger partial charge in [0, 0.05) is 19.6 Å². The van der Waals surface area contributed by atoms with Crippen molar-refractivity contribution in [1.29, 1.82) is 0 Å². The van der Waals surface area contributed by atoms with Gasteiger partial charge in [0.15, 0.2) is 0 Å². The first kappa shape index (κ1) is 56.5. The van der Waals surface area contributed by atoms with Crippen LogP contribution in [0.15, 0.2) is 0 Å². The third-order valence-electron chi connectivity index (χ3n) is 9.71. The maximum Gasteiger partial charge on any atom is 0.408 e. The summed E-state index contributed by atoms with van der Waals surface area (Å²) in [4.78, 5) is 80.5. The Morgan fingerprint density at radius 1 is 0.397 bits per heavy atom. The van der Waals surface area contributed by atoms with Crippen LogP contribution in [0.1, 0.15) is 177 Å². The van der Waals surface area contributed by atoms with Crippen molar-refractivity contribution in [2.24, 2.45) is 17.8 Å². The van der Waals surface area contributed by atoms with Crippen LogP contribution in [-0.4, -0.2) is 70.9 Å². The predicted molar refractivity (Wildman–Crippen MR) is 248 cm³/mol. The lowest BCUT2D eigenvalue weighted by atomic mass is 9.83. The summed E-state index contributed by atoms with van der Waals surface area (Å²) in [5.41, 5.74) is 3.07. The second-order valence-corrected chi connectivity index (χ2v) is 20.6. The van der Waals surface area contributed by atoms with Gasteiger partial charge in [0.1, 0.15) is 34.9 Å². The van der Waals surface area contributed by atoms with Crippen molar-refractivity contribution in [3.05, 3.63) is 33.4 Å². The average molecular weight is 889 g/mol. The van der Waals surface area contributed by atoms with E-state index in [9.17, 15) is 28.8 Å². The molecule has 63 heavy (non-hydrogen) atoms. The Hall–Kier alpha value is -4.56. The van der Waals surface area contributed by atoms with Crippen molar-refractivity contribution in [3.8, 4) is 0 Å². The van der Waals surface area contributed by atoms with Gasteiger partial charge in [-0.3, -0.25) is 14.4 Å². The molecule has 0 radical (unpaired) electrons. The molecule has 0 aromatic heterocycles. The van der Waals surface area contributed by atoms with Crippen molar-refractivity contribution in [2.45, 2.75) is 218 Å². The number of hydrogen-bond acceptors (Lipinski definition) is 9. The molecule has 6 N–H and O–H groups in total. The summed E-state index contributed by atoms with van der Waals surface area (Å²) < 4.78 is 16.5. The third-order valence-corrected chi connectivity index (χ3v) is 9.71. The molecule has 0 saturated carbocycles. The van der Waals surface area contributed by atoms with E-state index in [0.29, 0.717) is 38.5 Å². The van der Waals surface area contributed by atoms with Crippen molar-refractivity contribution >= 4 is 36.0 Å². The quantitative estimate of drug-likeness (QED) is 0.0661. The van der Waals surface area contributed by atoms with Crippen LogP contribution < -0.4 is 31.9 Å². The van der Waals surface area contributed by atoms with Gasteiger partial charge in [-0.25, -0.2) is 14.4 Å². The zero-order valence-corrected chi connectivity index (χ0v) is 42.0. The van der Waals surface area contributed by atoms with Crippen LogP contribution in [0.25, 0.3) is 0 Å². The minimum atomic E-state index is -0.867. The highest BCUT2D eigenvalue weighted by Gasteiger charge is 2.30. The molecular formula is C48H84N6O9. The zero-order valence-electron chi connectivity index (χ0n) is 42.0. The van der Waals surface area contributed by atoms with Crippen LogP contribution >= 0.6 is 0 Å². The van der Waals surface area contributed by atoms with E-state index in [1.54, 1.807) is 62.3 Å². The molecule has 1 aromatic rings. The van der Waals surface area contributed by atoms with Crippen LogP contribution in [0, 0.1) is 17.8 Å². The Morgan fingerprint density at radius 3 is 0.762 bits per heavy atom. The number of benzene rings is 1. The number of alkyl carbamates (subject to hydrolysis) is 3. The molecule has 15 nitrogen and oxygen atoms in total. The number of carbonyl (C=O) groups excluding carboxylic acids is 6. The van der Waals surface area contributed by atoms with Gasteiger partial charge < -0.3 is 46.1 Å². The molecule has 6 amide bonds. The van der Waals surface area contributed by atoms with E-state index < -0.39 is 53.2 Å². The van der Waals surface area contributed by atoms with E-state index in [1.165, 1.54) is 0 Å². The van der Waals surface area contributed by atoms with Crippen LogP contribution in [0.4, 0.5) is 14.4 Å². The predicted octanol–water partition coefficient (Wildman–Crippen LogP) is 8.04. The van der Waals surface area contributed by atoms with Crippen molar-refractivity contribution in [3.63, 3.8) is 0 Å². The highest BCUT2D eigenvalue weighted by Crippen LogP contribution is 2.31. The van der Waals surface area contributed by atoms with Gasteiger partial charge in [-0.2, -0.15) is 0 Å². The molecule has 0 aliphatic carbocycles. The van der Waals surface area contributed by atoms with Crippen LogP contribution in [-0.2, 0) is 67.5 Å². The van der Waals surface area contributed by atoms with Crippen molar-refractivity contribution in [2.75, 3.05) is 0 Å². The van der Waals surface area contributed by atoms with Gasteiger partial charge in [0.25, 0.3) is 0 Å². The summed E-state index contributed by atoms with van der Waals surface area (Å²) >= 11 is 0. The van der Waals surface area contributed by atoms with E-state index in [1.807, 2.05) is 62.3 Å². The number of hydrogen-bond donors (Lipinski definition) is 6. The highest BCUT2D eigenvalue weighted by atomic mass is 16.6. The molecule has 3 atom stereocenters. The van der Waals surface area contributed by atoms with Gasteiger partial charge in [-0.1, -0.05) is 62.3 Å². The van der Waals surface area contributed by atoms with E-state index in [4.69, 9.17) is 14.2 Å². The van der Waals surface area contributed by atoms with Crippen molar-refractivity contribution < 1.29 is 43.0 Å². The Morgan fingerprint density at radius 2 is 0.603 bits per heavy atom. The summed E-state index contributed by atoms with van der Waals surface area (Å²) in [7, 11) is 0. The molecule has 0 aliphatic heterocycles. The Bertz CT molecular complexity index is 1490. The first-order valence-electron chi connectivity index (χ1n) is 22.9. The van der Waals surface area contributed by atoms with Crippen LogP contribution in [0.2, 0.25) is 0 Å². The maximum atomic E-state index is 14.0. The molecule has 0 saturated heterocycles. The lowest BCUT2D eigenvalue weighted by Crippen LogP contribution is -2.49.